The van der Waals surface area contributed by atoms with Gasteiger partial charge in [-0.25, -0.2) is 4.98 Å². The second-order valence-electron chi connectivity index (χ2n) is 7.30. The molecule has 1 saturated heterocycles. The van der Waals surface area contributed by atoms with Crippen LogP contribution in [-0.4, -0.2) is 59.0 Å². The third kappa shape index (κ3) is 4.12. The number of hydrogen-bond acceptors (Lipinski definition) is 6. The van der Waals surface area contributed by atoms with Gasteiger partial charge in [-0.2, -0.15) is 0 Å². The first-order chi connectivity index (χ1) is 14.0. The summed E-state index contributed by atoms with van der Waals surface area (Å²) < 4.78 is 0. The number of amides is 1. The highest BCUT2D eigenvalue weighted by molar-refractivity contribution is 5.92. The number of aromatic amines is 1. The molecular formula is C21H24N6O2. The molecule has 0 spiro atoms. The maximum Gasteiger partial charge on any atom is 0.269 e. The van der Waals surface area contributed by atoms with Crippen LogP contribution in [0, 0.1) is 6.92 Å². The Bertz CT molecular complexity index is 1080. The van der Waals surface area contributed by atoms with Crippen LogP contribution in [0.15, 0.2) is 41.5 Å². The Morgan fingerprint density at radius 3 is 2.62 bits per heavy atom. The molecule has 0 saturated carbocycles. The predicted octanol–water partition coefficient (Wildman–Crippen LogP) is 1.31. The van der Waals surface area contributed by atoms with Gasteiger partial charge in [0.1, 0.15) is 5.69 Å². The van der Waals surface area contributed by atoms with E-state index < -0.39 is 0 Å². The Labute approximate surface area is 168 Å². The summed E-state index contributed by atoms with van der Waals surface area (Å²) in [6.07, 6.45) is 3.64. The maximum atomic E-state index is 11.9. The molecule has 0 aliphatic carbocycles. The van der Waals surface area contributed by atoms with Crippen LogP contribution in [0.3, 0.4) is 0 Å². The minimum Gasteiger partial charge on any atom is -0.368 e. The SMILES string of the molecule is CNC(=O)c1ccc(N2CCN(Cc3cnc4cc(C)c(=O)[nH]c4c3)CC2)cn1. The number of aryl methyl sites for hydroxylation is 1. The molecule has 0 radical (unpaired) electrons. The van der Waals surface area contributed by atoms with Crippen molar-refractivity contribution in [1.29, 1.82) is 0 Å². The monoisotopic (exact) mass is 392 g/mol. The second kappa shape index (κ2) is 8.00. The van der Waals surface area contributed by atoms with Gasteiger partial charge in [0.2, 0.25) is 0 Å². The molecular weight excluding hydrogens is 368 g/mol. The van der Waals surface area contributed by atoms with E-state index in [1.54, 1.807) is 26.2 Å². The molecule has 150 valence electrons. The highest BCUT2D eigenvalue weighted by atomic mass is 16.1. The van der Waals surface area contributed by atoms with E-state index in [2.05, 4.69) is 30.1 Å². The molecule has 8 nitrogen and oxygen atoms in total. The maximum absolute atomic E-state index is 11.9. The van der Waals surface area contributed by atoms with E-state index in [0.717, 1.165) is 55.0 Å². The summed E-state index contributed by atoms with van der Waals surface area (Å²) in [4.78, 5) is 39.8. The Kier molecular flexibility index (Phi) is 5.26. The van der Waals surface area contributed by atoms with Crippen molar-refractivity contribution in [2.24, 2.45) is 0 Å². The fourth-order valence-corrected chi connectivity index (χ4v) is 3.57. The van der Waals surface area contributed by atoms with Gasteiger partial charge in [0.05, 0.1) is 22.9 Å². The zero-order valence-corrected chi connectivity index (χ0v) is 16.6. The topological polar surface area (TPSA) is 94.2 Å². The molecule has 4 rings (SSSR count). The van der Waals surface area contributed by atoms with E-state index in [9.17, 15) is 9.59 Å². The average molecular weight is 392 g/mol. The molecule has 4 heterocycles. The standard InChI is InChI=1S/C21H24N6O2/c1-14-9-18-19(25-20(14)28)10-15(11-23-18)13-26-5-7-27(8-6-26)16-3-4-17(24-12-16)21(29)22-2/h3-4,9-12H,5-8,13H2,1-2H3,(H,22,29)(H,25,28). The van der Waals surface area contributed by atoms with Crippen molar-refractivity contribution in [1.82, 2.24) is 25.2 Å². The van der Waals surface area contributed by atoms with Gasteiger partial charge in [0, 0.05) is 51.5 Å². The summed E-state index contributed by atoms with van der Waals surface area (Å²) in [5.41, 5.74) is 4.72. The molecule has 1 fully saturated rings. The molecule has 8 heteroatoms. The van der Waals surface area contributed by atoms with Crippen molar-refractivity contribution in [3.8, 4) is 0 Å². The number of nitrogens with zero attached hydrogens (tertiary/aromatic N) is 4. The van der Waals surface area contributed by atoms with Gasteiger partial charge in [-0.1, -0.05) is 0 Å². The number of pyridine rings is 3. The van der Waals surface area contributed by atoms with Crippen molar-refractivity contribution in [3.63, 3.8) is 0 Å². The summed E-state index contributed by atoms with van der Waals surface area (Å²) >= 11 is 0. The predicted molar refractivity (Wildman–Crippen MR) is 112 cm³/mol. The van der Waals surface area contributed by atoms with Crippen molar-refractivity contribution in [2.75, 3.05) is 38.1 Å². The molecule has 1 amide bonds. The van der Waals surface area contributed by atoms with Crippen molar-refractivity contribution in [2.45, 2.75) is 13.5 Å². The number of carbonyl (C=O) groups is 1. The van der Waals surface area contributed by atoms with Crippen LogP contribution in [0.25, 0.3) is 11.0 Å². The van der Waals surface area contributed by atoms with E-state index in [1.807, 2.05) is 24.4 Å². The molecule has 3 aromatic heterocycles. The molecule has 29 heavy (non-hydrogen) atoms. The number of rotatable bonds is 4. The Hall–Kier alpha value is -3.26. The number of anilines is 1. The molecule has 0 atom stereocenters. The number of fused-ring (bicyclic) bond motifs is 1. The van der Waals surface area contributed by atoms with E-state index in [0.29, 0.717) is 11.3 Å². The van der Waals surface area contributed by atoms with Gasteiger partial charge in [0.25, 0.3) is 11.5 Å². The second-order valence-corrected chi connectivity index (χ2v) is 7.30. The molecule has 0 aromatic carbocycles. The number of H-pyrrole nitrogens is 1. The lowest BCUT2D eigenvalue weighted by Crippen LogP contribution is -2.46. The lowest BCUT2D eigenvalue weighted by Gasteiger charge is -2.36. The molecule has 1 aliphatic heterocycles. The van der Waals surface area contributed by atoms with Gasteiger partial charge >= 0.3 is 0 Å². The van der Waals surface area contributed by atoms with Crippen LogP contribution >= 0.6 is 0 Å². The van der Waals surface area contributed by atoms with E-state index in [1.165, 1.54) is 0 Å². The zero-order valence-electron chi connectivity index (χ0n) is 16.6. The smallest absolute Gasteiger partial charge is 0.269 e. The molecule has 0 bridgehead atoms. The largest absolute Gasteiger partial charge is 0.368 e. The van der Waals surface area contributed by atoms with E-state index in [-0.39, 0.29) is 11.5 Å². The van der Waals surface area contributed by atoms with Crippen LogP contribution in [-0.2, 0) is 6.54 Å². The van der Waals surface area contributed by atoms with Crippen LogP contribution in [0.5, 0.6) is 0 Å². The summed E-state index contributed by atoms with van der Waals surface area (Å²) in [5, 5.41) is 2.58. The highest BCUT2D eigenvalue weighted by Crippen LogP contribution is 2.18. The Morgan fingerprint density at radius 2 is 1.93 bits per heavy atom. The summed E-state index contributed by atoms with van der Waals surface area (Å²) in [5.74, 6) is -0.179. The number of piperazine rings is 1. The summed E-state index contributed by atoms with van der Waals surface area (Å²) in [6.45, 7) is 6.19. The Morgan fingerprint density at radius 1 is 1.14 bits per heavy atom. The minimum atomic E-state index is -0.179. The third-order valence-electron chi connectivity index (χ3n) is 5.29. The number of hydrogen-bond donors (Lipinski definition) is 2. The number of carbonyl (C=O) groups excluding carboxylic acids is 1. The first-order valence-corrected chi connectivity index (χ1v) is 9.67. The fraction of sp³-hybridized carbons (Fsp3) is 0.333. The number of nitrogens with one attached hydrogen (secondary N) is 2. The Balaban J connectivity index is 1.38. The average Bonchev–Trinajstić information content (AvgIpc) is 2.75. The highest BCUT2D eigenvalue weighted by Gasteiger charge is 2.18. The van der Waals surface area contributed by atoms with Crippen molar-refractivity contribution in [3.05, 3.63) is 63.8 Å². The lowest BCUT2D eigenvalue weighted by molar-refractivity contribution is 0.0958. The van der Waals surface area contributed by atoms with Gasteiger partial charge in [-0.15, -0.1) is 0 Å². The van der Waals surface area contributed by atoms with Crippen LogP contribution in [0.1, 0.15) is 21.6 Å². The normalized spacial score (nSPS) is 14.9. The lowest BCUT2D eigenvalue weighted by atomic mass is 10.2. The first kappa shape index (κ1) is 19.1. The summed E-state index contributed by atoms with van der Waals surface area (Å²) in [6, 6.07) is 7.53. The molecule has 1 aliphatic rings. The fourth-order valence-electron chi connectivity index (χ4n) is 3.57. The molecule has 0 unspecified atom stereocenters. The summed E-state index contributed by atoms with van der Waals surface area (Å²) in [7, 11) is 1.60. The van der Waals surface area contributed by atoms with Crippen LogP contribution < -0.4 is 15.8 Å². The van der Waals surface area contributed by atoms with Crippen LogP contribution in [0.2, 0.25) is 0 Å². The van der Waals surface area contributed by atoms with Gasteiger partial charge < -0.3 is 15.2 Å². The van der Waals surface area contributed by atoms with E-state index >= 15 is 0 Å². The quantitative estimate of drug-likeness (QED) is 0.695. The molecule has 3 aromatic rings. The first-order valence-electron chi connectivity index (χ1n) is 9.67. The van der Waals surface area contributed by atoms with Gasteiger partial charge in [0.15, 0.2) is 0 Å². The minimum absolute atomic E-state index is 0.0684. The third-order valence-corrected chi connectivity index (χ3v) is 5.29. The van der Waals surface area contributed by atoms with Crippen LogP contribution in [0.4, 0.5) is 5.69 Å². The van der Waals surface area contributed by atoms with Crippen molar-refractivity contribution >= 4 is 22.6 Å². The van der Waals surface area contributed by atoms with Gasteiger partial charge in [-0.05, 0) is 36.8 Å². The van der Waals surface area contributed by atoms with E-state index in [4.69, 9.17) is 0 Å². The van der Waals surface area contributed by atoms with Crippen molar-refractivity contribution < 1.29 is 4.79 Å². The molecule has 2 N–H and O–H groups in total. The number of aromatic nitrogens is 3. The zero-order chi connectivity index (χ0) is 20.4. The van der Waals surface area contributed by atoms with Gasteiger partial charge in [-0.3, -0.25) is 19.5 Å².